The second-order valence-corrected chi connectivity index (χ2v) is 9.61. The van der Waals surface area contributed by atoms with Gasteiger partial charge in [0.2, 0.25) is 0 Å². The lowest BCUT2D eigenvalue weighted by Crippen LogP contribution is -2.13. The highest BCUT2D eigenvalue weighted by Crippen LogP contribution is 2.41. The molecule has 1 fully saturated rings. The molecule has 11 nitrogen and oxygen atoms in total. The predicted octanol–water partition coefficient (Wildman–Crippen LogP) is 3.16. The van der Waals surface area contributed by atoms with Crippen molar-refractivity contribution in [2.45, 2.75) is 38.4 Å². The van der Waals surface area contributed by atoms with Crippen LogP contribution in [0.5, 0.6) is 0 Å². The number of hydrogen-bond acceptors (Lipinski definition) is 7. The first-order chi connectivity index (χ1) is 18.1. The van der Waals surface area contributed by atoms with Gasteiger partial charge in [-0.25, -0.2) is 19.0 Å². The third-order valence-electron chi connectivity index (χ3n) is 6.53. The molecule has 0 bridgehead atoms. The molecule has 6 aromatic heterocycles. The van der Waals surface area contributed by atoms with E-state index < -0.39 is 5.82 Å². The molecule has 0 saturated heterocycles. The van der Waals surface area contributed by atoms with Crippen LogP contribution in [0.1, 0.15) is 41.4 Å². The van der Waals surface area contributed by atoms with Gasteiger partial charge in [0, 0.05) is 31.7 Å². The molecule has 13 heteroatoms. The Kier molecular flexibility index (Phi) is 5.22. The van der Waals surface area contributed by atoms with Crippen LogP contribution in [-0.2, 0) is 19.6 Å². The summed E-state index contributed by atoms with van der Waals surface area (Å²) in [4.78, 5) is 9.16. The molecule has 6 heterocycles. The molecule has 37 heavy (non-hydrogen) atoms. The fourth-order valence-electron chi connectivity index (χ4n) is 4.57. The van der Waals surface area contributed by atoms with Gasteiger partial charge in [0.1, 0.15) is 18.2 Å². The first-order valence-electron chi connectivity index (χ1n) is 11.9. The van der Waals surface area contributed by atoms with Crippen molar-refractivity contribution >= 4 is 22.8 Å². The van der Waals surface area contributed by atoms with Gasteiger partial charge < -0.3 is 14.1 Å². The van der Waals surface area contributed by atoms with E-state index in [0.717, 1.165) is 22.7 Å². The molecule has 6 aromatic rings. The molecular weight excluding hydrogens is 497 g/mol. The van der Waals surface area contributed by atoms with Crippen LogP contribution in [0.4, 0.5) is 4.39 Å². The first kappa shape index (κ1) is 22.1. The Morgan fingerprint density at radius 3 is 2.73 bits per heavy atom. The van der Waals surface area contributed by atoms with Crippen LogP contribution < -0.4 is 5.32 Å². The molecule has 1 aliphatic rings. The van der Waals surface area contributed by atoms with Crippen LogP contribution in [-0.4, -0.2) is 48.5 Å². The zero-order valence-corrected chi connectivity index (χ0v) is 20.3. The first-order valence-corrected chi connectivity index (χ1v) is 12.3. The van der Waals surface area contributed by atoms with Crippen molar-refractivity contribution < 1.29 is 4.39 Å². The number of aromatic nitrogens is 10. The van der Waals surface area contributed by atoms with Crippen LogP contribution in [0.3, 0.4) is 0 Å². The summed E-state index contributed by atoms with van der Waals surface area (Å²) in [6.45, 7) is 1.29. The van der Waals surface area contributed by atoms with Crippen molar-refractivity contribution in [1.29, 1.82) is 0 Å². The van der Waals surface area contributed by atoms with E-state index in [-0.39, 0.29) is 5.02 Å². The minimum atomic E-state index is -0.478. The largest absolute Gasteiger partial charge is 0.305 e. The van der Waals surface area contributed by atoms with Gasteiger partial charge in [-0.3, -0.25) is 4.57 Å². The van der Waals surface area contributed by atoms with Crippen molar-refractivity contribution in [3.63, 3.8) is 0 Å². The van der Waals surface area contributed by atoms with Crippen LogP contribution in [0.2, 0.25) is 5.02 Å². The van der Waals surface area contributed by atoms with E-state index in [1.165, 1.54) is 24.5 Å². The van der Waals surface area contributed by atoms with Crippen LogP contribution in [0.15, 0.2) is 55.9 Å². The van der Waals surface area contributed by atoms with Crippen molar-refractivity contribution in [3.8, 4) is 5.69 Å². The Hall–Kier alpha value is -4.16. The third kappa shape index (κ3) is 4.13. The Bertz CT molecular complexity index is 1730. The van der Waals surface area contributed by atoms with E-state index in [1.54, 1.807) is 34.3 Å². The van der Waals surface area contributed by atoms with Crippen LogP contribution in [0, 0.1) is 5.82 Å². The predicted molar refractivity (Wildman–Crippen MR) is 132 cm³/mol. The minimum Gasteiger partial charge on any atom is -0.305 e. The van der Waals surface area contributed by atoms with Crippen LogP contribution >= 0.6 is 11.6 Å². The van der Waals surface area contributed by atoms with E-state index in [2.05, 4.69) is 47.5 Å². The van der Waals surface area contributed by atoms with Gasteiger partial charge in [0.25, 0.3) is 0 Å². The summed E-state index contributed by atoms with van der Waals surface area (Å²) in [6.07, 6.45) is 15.1. The Morgan fingerprint density at radius 2 is 1.89 bits per heavy atom. The topological polar surface area (TPSA) is 108 Å². The fourth-order valence-corrected chi connectivity index (χ4v) is 4.72. The van der Waals surface area contributed by atoms with Crippen molar-refractivity contribution in [2.75, 3.05) is 0 Å². The second-order valence-electron chi connectivity index (χ2n) is 9.20. The van der Waals surface area contributed by atoms with Gasteiger partial charge in [0.15, 0.2) is 11.5 Å². The number of pyridine rings is 2. The number of halogens is 2. The Labute approximate surface area is 214 Å². The molecule has 0 atom stereocenters. The summed E-state index contributed by atoms with van der Waals surface area (Å²) in [5.41, 5.74) is 5.64. The van der Waals surface area contributed by atoms with Gasteiger partial charge in [-0.15, -0.1) is 15.3 Å². The quantitative estimate of drug-likeness (QED) is 0.330. The Balaban J connectivity index is 1.07. The fraction of sp³-hybridized carbons (Fsp3) is 0.250. The molecule has 1 aliphatic carbocycles. The summed E-state index contributed by atoms with van der Waals surface area (Å²) >= 11 is 5.93. The maximum atomic E-state index is 14.4. The van der Waals surface area contributed by atoms with E-state index in [1.807, 2.05) is 17.0 Å². The van der Waals surface area contributed by atoms with Gasteiger partial charge in [-0.2, -0.15) is 0 Å². The van der Waals surface area contributed by atoms with Gasteiger partial charge in [-0.1, -0.05) is 16.8 Å². The highest BCUT2D eigenvalue weighted by atomic mass is 35.5. The van der Waals surface area contributed by atoms with E-state index in [0.29, 0.717) is 36.8 Å². The molecule has 0 aliphatic heterocycles. The van der Waals surface area contributed by atoms with Crippen LogP contribution in [0.25, 0.3) is 16.9 Å². The van der Waals surface area contributed by atoms with Crippen molar-refractivity contribution in [1.82, 2.24) is 53.8 Å². The normalized spacial score (nSPS) is 13.8. The molecule has 0 spiro atoms. The minimum absolute atomic E-state index is 0.0710. The summed E-state index contributed by atoms with van der Waals surface area (Å²) < 4.78 is 21.8. The van der Waals surface area contributed by atoms with Crippen molar-refractivity contribution in [3.05, 3.63) is 89.4 Å². The smallest absolute Gasteiger partial charge is 0.167 e. The standard InChI is InChI=1S/C24H21ClFN11/c25-19-3-4-34-12-28-20(23(34)22(19)26)7-27-6-17-10-37(33-32-17)11-18-9-35-8-16(15-1-2-15)5-21(24(35)31-18)36-13-29-30-14-36/h3-5,8-10,12-15,27H,1-2,6-7,11H2. The molecule has 1 saturated carbocycles. The monoisotopic (exact) mass is 517 g/mol. The van der Waals surface area contributed by atoms with E-state index >= 15 is 0 Å². The average Bonchev–Trinajstić information content (AvgIpc) is 3.29. The molecular formula is C24H21ClFN11. The number of nitrogens with one attached hydrogen (secondary N) is 1. The number of rotatable bonds is 8. The number of fused-ring (bicyclic) bond motifs is 2. The molecule has 7 rings (SSSR count). The maximum absolute atomic E-state index is 14.4. The molecule has 186 valence electrons. The molecule has 0 amide bonds. The summed E-state index contributed by atoms with van der Waals surface area (Å²) in [5.74, 6) is 0.123. The van der Waals surface area contributed by atoms with Crippen molar-refractivity contribution in [2.24, 2.45) is 0 Å². The summed E-state index contributed by atoms with van der Waals surface area (Å²) in [6, 6.07) is 3.68. The lowest BCUT2D eigenvalue weighted by Gasteiger charge is -2.07. The SMILES string of the molecule is Fc1c(Cl)ccn2cnc(CNCc3cn(Cc4cn5cc(C6CC6)cc(-n6cnnc6)c5n4)nn3)c12. The highest BCUT2D eigenvalue weighted by Gasteiger charge is 2.25. The van der Waals surface area contributed by atoms with E-state index in [4.69, 9.17) is 16.6 Å². The zero-order chi connectivity index (χ0) is 24.9. The molecule has 0 aromatic carbocycles. The van der Waals surface area contributed by atoms with Gasteiger partial charge in [-0.05, 0) is 36.5 Å². The lowest BCUT2D eigenvalue weighted by molar-refractivity contribution is 0.627. The summed E-state index contributed by atoms with van der Waals surface area (Å²) in [5, 5.41) is 19.7. The number of hydrogen-bond donors (Lipinski definition) is 1. The lowest BCUT2D eigenvalue weighted by atomic mass is 10.2. The number of imidazole rings is 2. The maximum Gasteiger partial charge on any atom is 0.167 e. The second kappa shape index (κ2) is 8.75. The van der Waals surface area contributed by atoms with E-state index in [9.17, 15) is 4.39 Å². The summed E-state index contributed by atoms with van der Waals surface area (Å²) in [7, 11) is 0. The van der Waals surface area contributed by atoms with Gasteiger partial charge >= 0.3 is 0 Å². The molecule has 0 unspecified atom stereocenters. The molecule has 1 N–H and O–H groups in total. The Morgan fingerprint density at radius 1 is 1.03 bits per heavy atom. The average molecular weight is 518 g/mol. The zero-order valence-electron chi connectivity index (χ0n) is 19.5. The number of nitrogens with zero attached hydrogens (tertiary/aromatic N) is 10. The highest BCUT2D eigenvalue weighted by molar-refractivity contribution is 6.31. The third-order valence-corrected chi connectivity index (χ3v) is 6.82. The molecule has 0 radical (unpaired) electrons. The van der Waals surface area contributed by atoms with Gasteiger partial charge in [0.05, 0.1) is 46.9 Å².